The number of hydrogen-bond acceptors (Lipinski definition) is 6. The number of carbonyl (C=O) groups is 1. The molecule has 0 spiro atoms. The van der Waals surface area contributed by atoms with Crippen LogP contribution < -0.4 is 10.6 Å². The van der Waals surface area contributed by atoms with E-state index in [9.17, 15) is 13.2 Å². The average Bonchev–Trinajstić information content (AvgIpc) is 2.62. The summed E-state index contributed by atoms with van der Waals surface area (Å²) in [5.41, 5.74) is 2.29. The third-order valence-electron chi connectivity index (χ3n) is 3.89. The third kappa shape index (κ3) is 4.61. The van der Waals surface area contributed by atoms with Crippen molar-refractivity contribution in [3.63, 3.8) is 0 Å². The van der Waals surface area contributed by atoms with Gasteiger partial charge in [-0.1, -0.05) is 15.9 Å². The van der Waals surface area contributed by atoms with Gasteiger partial charge < -0.3 is 10.6 Å². The number of rotatable bonds is 5. The predicted octanol–water partition coefficient (Wildman–Crippen LogP) is 3.15. The van der Waals surface area contributed by atoms with Crippen molar-refractivity contribution in [2.45, 2.75) is 11.8 Å². The molecule has 9 heteroatoms. The highest BCUT2D eigenvalue weighted by atomic mass is 79.9. The molecule has 1 heterocycles. The number of amides is 1. The molecule has 0 aliphatic heterocycles. The van der Waals surface area contributed by atoms with E-state index in [1.165, 1.54) is 18.5 Å². The van der Waals surface area contributed by atoms with Gasteiger partial charge in [-0.25, -0.2) is 18.4 Å². The van der Waals surface area contributed by atoms with Crippen LogP contribution in [0, 0.1) is 6.92 Å². The van der Waals surface area contributed by atoms with E-state index in [0.717, 1.165) is 16.3 Å². The standard InChI is InChI=1S/C18H17BrN4O3S/c1-11-7-12(3-5-15(11)19)23-17(24)9-20-18-14-8-13(27(2,25)26)4-6-16(14)21-10-22-18/h3-8,10H,9H2,1-2H3,(H,23,24)(H,20,21,22). The van der Waals surface area contributed by atoms with Crippen LogP contribution in [-0.4, -0.2) is 37.1 Å². The minimum Gasteiger partial charge on any atom is -0.360 e. The molecular weight excluding hydrogens is 432 g/mol. The Kier molecular flexibility index (Phi) is 5.43. The van der Waals surface area contributed by atoms with Crippen molar-refractivity contribution in [3.8, 4) is 0 Å². The lowest BCUT2D eigenvalue weighted by Gasteiger charge is -2.10. The molecule has 1 aromatic heterocycles. The van der Waals surface area contributed by atoms with Gasteiger partial charge in [0, 0.05) is 21.8 Å². The Morgan fingerprint density at radius 2 is 1.93 bits per heavy atom. The fourth-order valence-corrected chi connectivity index (χ4v) is 3.39. The number of nitrogens with zero attached hydrogens (tertiary/aromatic N) is 2. The van der Waals surface area contributed by atoms with E-state index in [4.69, 9.17) is 0 Å². The number of aryl methyl sites for hydroxylation is 1. The molecule has 2 N–H and O–H groups in total. The number of halogens is 1. The molecule has 2 aromatic carbocycles. The lowest BCUT2D eigenvalue weighted by molar-refractivity contribution is -0.114. The van der Waals surface area contributed by atoms with Gasteiger partial charge in [0.2, 0.25) is 5.91 Å². The van der Waals surface area contributed by atoms with Crippen LogP contribution in [0.4, 0.5) is 11.5 Å². The van der Waals surface area contributed by atoms with E-state index in [1.807, 2.05) is 19.1 Å². The molecule has 3 rings (SSSR count). The number of benzene rings is 2. The summed E-state index contributed by atoms with van der Waals surface area (Å²) in [6.07, 6.45) is 2.50. The van der Waals surface area contributed by atoms with Crippen LogP contribution in [0.3, 0.4) is 0 Å². The fourth-order valence-electron chi connectivity index (χ4n) is 2.50. The highest BCUT2D eigenvalue weighted by Crippen LogP contribution is 2.23. The van der Waals surface area contributed by atoms with Crippen molar-refractivity contribution >= 4 is 54.1 Å². The van der Waals surface area contributed by atoms with Crippen LogP contribution in [0.2, 0.25) is 0 Å². The second-order valence-corrected chi connectivity index (χ2v) is 8.91. The van der Waals surface area contributed by atoms with E-state index in [1.54, 1.807) is 12.1 Å². The monoisotopic (exact) mass is 448 g/mol. The predicted molar refractivity (Wildman–Crippen MR) is 109 cm³/mol. The second-order valence-electron chi connectivity index (χ2n) is 6.04. The summed E-state index contributed by atoms with van der Waals surface area (Å²) in [6, 6.07) is 10.1. The third-order valence-corrected chi connectivity index (χ3v) is 5.89. The van der Waals surface area contributed by atoms with E-state index in [0.29, 0.717) is 22.4 Å². The van der Waals surface area contributed by atoms with Crippen molar-refractivity contribution in [1.82, 2.24) is 9.97 Å². The minimum absolute atomic E-state index is 0.0235. The van der Waals surface area contributed by atoms with Crippen LogP contribution in [0.25, 0.3) is 10.9 Å². The minimum atomic E-state index is -3.36. The van der Waals surface area contributed by atoms with Gasteiger partial charge in [0.25, 0.3) is 0 Å². The van der Waals surface area contributed by atoms with Crippen molar-refractivity contribution < 1.29 is 13.2 Å². The molecular formula is C18H17BrN4O3S. The maximum Gasteiger partial charge on any atom is 0.243 e. The van der Waals surface area contributed by atoms with Crippen LogP contribution in [0.15, 0.2) is 52.1 Å². The van der Waals surface area contributed by atoms with Gasteiger partial charge in [-0.2, -0.15) is 0 Å². The van der Waals surface area contributed by atoms with Crippen LogP contribution >= 0.6 is 15.9 Å². The summed E-state index contributed by atoms with van der Waals surface area (Å²) >= 11 is 3.42. The molecule has 0 aliphatic rings. The average molecular weight is 449 g/mol. The van der Waals surface area contributed by atoms with E-state index >= 15 is 0 Å². The van der Waals surface area contributed by atoms with Gasteiger partial charge >= 0.3 is 0 Å². The number of nitrogens with one attached hydrogen (secondary N) is 2. The summed E-state index contributed by atoms with van der Waals surface area (Å²) in [5, 5.41) is 6.28. The molecule has 0 saturated carbocycles. The Hall–Kier alpha value is -2.52. The van der Waals surface area contributed by atoms with Crippen molar-refractivity contribution in [1.29, 1.82) is 0 Å². The normalized spacial score (nSPS) is 11.4. The highest BCUT2D eigenvalue weighted by Gasteiger charge is 2.12. The van der Waals surface area contributed by atoms with Gasteiger partial charge in [-0.15, -0.1) is 0 Å². The summed E-state index contributed by atoms with van der Waals surface area (Å²) in [5.74, 6) is 0.149. The molecule has 0 bridgehead atoms. The van der Waals surface area contributed by atoms with Gasteiger partial charge in [-0.05, 0) is 48.9 Å². The van der Waals surface area contributed by atoms with E-state index in [-0.39, 0.29) is 17.3 Å². The zero-order chi connectivity index (χ0) is 19.6. The van der Waals surface area contributed by atoms with E-state index < -0.39 is 9.84 Å². The van der Waals surface area contributed by atoms with Gasteiger partial charge in [0.05, 0.1) is 17.0 Å². The molecule has 1 amide bonds. The molecule has 0 fully saturated rings. The first kappa shape index (κ1) is 19.2. The maximum absolute atomic E-state index is 12.2. The van der Waals surface area contributed by atoms with Crippen LogP contribution in [0.5, 0.6) is 0 Å². The first-order valence-electron chi connectivity index (χ1n) is 7.99. The number of carbonyl (C=O) groups excluding carboxylic acids is 1. The number of anilines is 2. The Labute approximate surface area is 165 Å². The Morgan fingerprint density at radius 1 is 1.15 bits per heavy atom. The van der Waals surface area contributed by atoms with Crippen LogP contribution in [-0.2, 0) is 14.6 Å². The van der Waals surface area contributed by atoms with Crippen molar-refractivity contribution in [3.05, 3.63) is 52.8 Å². The van der Waals surface area contributed by atoms with Gasteiger partial charge in [0.1, 0.15) is 12.1 Å². The number of aromatic nitrogens is 2. The lowest BCUT2D eigenvalue weighted by atomic mass is 10.2. The maximum atomic E-state index is 12.2. The van der Waals surface area contributed by atoms with Crippen molar-refractivity contribution in [2.24, 2.45) is 0 Å². The quantitative estimate of drug-likeness (QED) is 0.621. The fraction of sp³-hybridized carbons (Fsp3) is 0.167. The summed E-state index contributed by atoms with van der Waals surface area (Å²) in [4.78, 5) is 20.6. The first-order chi connectivity index (χ1) is 12.7. The number of hydrogen-bond donors (Lipinski definition) is 2. The SMILES string of the molecule is Cc1cc(NC(=O)CNc2ncnc3ccc(S(C)(=O)=O)cc23)ccc1Br. The zero-order valence-corrected chi connectivity index (χ0v) is 17.1. The Morgan fingerprint density at radius 3 is 2.63 bits per heavy atom. The van der Waals surface area contributed by atoms with Crippen molar-refractivity contribution in [2.75, 3.05) is 23.4 Å². The topological polar surface area (TPSA) is 101 Å². The molecule has 140 valence electrons. The van der Waals surface area contributed by atoms with Gasteiger partial charge in [-0.3, -0.25) is 4.79 Å². The Balaban J connectivity index is 1.78. The van der Waals surface area contributed by atoms with E-state index in [2.05, 4.69) is 36.5 Å². The highest BCUT2D eigenvalue weighted by molar-refractivity contribution is 9.10. The molecule has 0 radical (unpaired) electrons. The van der Waals surface area contributed by atoms with Gasteiger partial charge in [0.15, 0.2) is 9.84 Å². The lowest BCUT2D eigenvalue weighted by Crippen LogP contribution is -2.22. The number of fused-ring (bicyclic) bond motifs is 1. The van der Waals surface area contributed by atoms with Crippen LogP contribution in [0.1, 0.15) is 5.56 Å². The molecule has 0 saturated heterocycles. The molecule has 0 atom stereocenters. The molecule has 7 nitrogen and oxygen atoms in total. The Bertz CT molecular complexity index is 1130. The summed E-state index contributed by atoms with van der Waals surface area (Å²) < 4.78 is 24.5. The second kappa shape index (κ2) is 7.61. The molecule has 0 unspecified atom stereocenters. The zero-order valence-electron chi connectivity index (χ0n) is 14.7. The first-order valence-corrected chi connectivity index (χ1v) is 10.7. The molecule has 3 aromatic rings. The molecule has 0 aliphatic carbocycles. The molecule has 27 heavy (non-hydrogen) atoms. The summed E-state index contributed by atoms with van der Waals surface area (Å²) in [7, 11) is -3.36. The smallest absolute Gasteiger partial charge is 0.243 e. The number of sulfone groups is 1. The largest absolute Gasteiger partial charge is 0.360 e. The summed E-state index contributed by atoms with van der Waals surface area (Å²) in [6.45, 7) is 1.91.